The third-order valence-corrected chi connectivity index (χ3v) is 10.3. The van der Waals surface area contributed by atoms with Crippen molar-refractivity contribution in [3.8, 4) is 11.3 Å². The van der Waals surface area contributed by atoms with E-state index in [1.54, 1.807) is 17.6 Å². The van der Waals surface area contributed by atoms with Crippen molar-refractivity contribution in [1.82, 2.24) is 20.2 Å². The van der Waals surface area contributed by atoms with Gasteiger partial charge in [-0.05, 0) is 37.8 Å². The molecule has 2 fully saturated rings. The van der Waals surface area contributed by atoms with Crippen molar-refractivity contribution < 1.29 is 24.3 Å². The molecule has 3 aromatic rings. The molecule has 1 aromatic carbocycles. The van der Waals surface area contributed by atoms with Crippen molar-refractivity contribution in [1.29, 1.82) is 0 Å². The lowest BCUT2D eigenvalue weighted by Crippen LogP contribution is -2.71. The number of anilines is 1. The number of rotatable bonds is 9. The third kappa shape index (κ3) is 5.61. The number of oxime groups is 1. The van der Waals surface area contributed by atoms with Crippen LogP contribution in [0.25, 0.3) is 11.3 Å². The van der Waals surface area contributed by atoms with Gasteiger partial charge in [0, 0.05) is 32.7 Å². The lowest BCUT2D eigenvalue weighted by molar-refractivity contribution is -0.150. The van der Waals surface area contributed by atoms with Crippen LogP contribution in [0.15, 0.2) is 74.7 Å². The van der Waals surface area contributed by atoms with Crippen LogP contribution in [-0.2, 0) is 19.2 Å². The Balaban J connectivity index is 1.22. The predicted molar refractivity (Wildman–Crippen MR) is 162 cm³/mol. The first kappa shape index (κ1) is 28.2. The number of nitrogens with two attached hydrogens (primary N) is 1. The Kier molecular flexibility index (Phi) is 8.18. The summed E-state index contributed by atoms with van der Waals surface area (Å²) in [7, 11) is 0. The SMILES string of the molecule is Nc1nc(/C(=N/OC2CCCC2)C(=O)N[C@@H]2C(=O)N3C(C(=O)O)=C(Sc4cccnc4-c4ccccc4)CS[C@@H]23)cs1. The molecular weight excluding hydrogens is 597 g/mol. The van der Waals surface area contributed by atoms with E-state index < -0.39 is 29.2 Å². The molecule has 3 aliphatic rings. The summed E-state index contributed by atoms with van der Waals surface area (Å²) in [5.41, 5.74) is 7.50. The standard InChI is InChI=1S/C28H26N6O5S3/c29-28-31-17(13-41-28)21(33-39-16-9-4-5-10-16)24(35)32-22-25(36)34-23(27(37)38)19(14-40-26(22)34)42-18-11-6-12-30-20(18)15-7-2-1-3-8-15/h1-3,6-8,11-13,16,22,26H,4-5,9-10,14H2,(H2,29,31)(H,32,35)(H,37,38)/b33-21-/t22-,26+/m1/s1. The molecule has 14 heteroatoms. The van der Waals surface area contributed by atoms with Gasteiger partial charge in [-0.2, -0.15) is 0 Å². The van der Waals surface area contributed by atoms with Gasteiger partial charge in [-0.25, -0.2) is 9.78 Å². The van der Waals surface area contributed by atoms with Crippen LogP contribution < -0.4 is 11.1 Å². The molecule has 0 spiro atoms. The van der Waals surface area contributed by atoms with Crippen LogP contribution >= 0.6 is 34.9 Å². The van der Waals surface area contributed by atoms with Gasteiger partial charge in [0.1, 0.15) is 28.9 Å². The number of aromatic nitrogens is 2. The fraction of sp³-hybridized carbons (Fsp3) is 0.286. The Labute approximate surface area is 253 Å². The molecule has 4 heterocycles. The van der Waals surface area contributed by atoms with Crippen molar-refractivity contribution in [2.24, 2.45) is 5.16 Å². The second-order valence-electron chi connectivity index (χ2n) is 9.78. The average Bonchev–Trinajstić information content (AvgIpc) is 3.68. The van der Waals surface area contributed by atoms with E-state index in [1.807, 2.05) is 36.4 Å². The minimum atomic E-state index is -1.21. The molecule has 2 amide bonds. The summed E-state index contributed by atoms with van der Waals surface area (Å²) in [5, 5.41) is 18.3. The smallest absolute Gasteiger partial charge is 0.353 e. The predicted octanol–water partition coefficient (Wildman–Crippen LogP) is 3.94. The van der Waals surface area contributed by atoms with Gasteiger partial charge in [0.25, 0.3) is 11.8 Å². The number of fused-ring (bicyclic) bond motifs is 1. The van der Waals surface area contributed by atoms with Gasteiger partial charge < -0.3 is 21.0 Å². The second kappa shape index (κ2) is 12.2. The van der Waals surface area contributed by atoms with Crippen molar-refractivity contribution >= 4 is 63.5 Å². The number of carboxylic acid groups (broad SMARTS) is 1. The first-order chi connectivity index (χ1) is 20.4. The summed E-state index contributed by atoms with van der Waals surface area (Å²) in [5.74, 6) is -2.03. The van der Waals surface area contributed by atoms with Gasteiger partial charge in [-0.3, -0.25) is 19.5 Å². The van der Waals surface area contributed by atoms with Crippen LogP contribution in [-0.4, -0.2) is 66.7 Å². The molecule has 216 valence electrons. The zero-order valence-corrected chi connectivity index (χ0v) is 24.6. The molecule has 4 N–H and O–H groups in total. The lowest BCUT2D eigenvalue weighted by atomic mass is 10.0. The van der Waals surface area contributed by atoms with Gasteiger partial charge in [-0.1, -0.05) is 47.2 Å². The molecule has 11 nitrogen and oxygen atoms in total. The number of benzene rings is 1. The van der Waals surface area contributed by atoms with E-state index in [-0.39, 0.29) is 28.3 Å². The molecule has 0 unspecified atom stereocenters. The van der Waals surface area contributed by atoms with Crippen LogP contribution in [0.5, 0.6) is 0 Å². The summed E-state index contributed by atoms with van der Waals surface area (Å²) in [6, 6.07) is 12.3. The number of thiazole rings is 1. The zero-order valence-electron chi connectivity index (χ0n) is 22.1. The monoisotopic (exact) mass is 622 g/mol. The fourth-order valence-corrected chi connectivity index (χ4v) is 8.16. The number of hydrogen-bond donors (Lipinski definition) is 3. The minimum absolute atomic E-state index is 0.0721. The molecule has 1 saturated carbocycles. The fourth-order valence-electron chi connectivity index (χ4n) is 5.02. The van der Waals surface area contributed by atoms with E-state index >= 15 is 0 Å². The second-order valence-corrected chi connectivity index (χ2v) is 12.9. The van der Waals surface area contributed by atoms with Crippen LogP contribution in [0.4, 0.5) is 5.13 Å². The van der Waals surface area contributed by atoms with Gasteiger partial charge in [0.15, 0.2) is 10.8 Å². The van der Waals surface area contributed by atoms with Gasteiger partial charge in [0.05, 0.1) is 5.69 Å². The first-order valence-corrected chi connectivity index (χ1v) is 16.0. The zero-order chi connectivity index (χ0) is 29.2. The Bertz CT molecular complexity index is 1590. The van der Waals surface area contributed by atoms with Gasteiger partial charge >= 0.3 is 5.97 Å². The highest BCUT2D eigenvalue weighted by Crippen LogP contribution is 2.46. The van der Waals surface area contributed by atoms with E-state index in [4.69, 9.17) is 10.6 Å². The molecule has 0 radical (unpaired) electrons. The van der Waals surface area contributed by atoms with Gasteiger partial charge in [-0.15, -0.1) is 23.1 Å². The van der Waals surface area contributed by atoms with E-state index in [0.717, 1.165) is 53.2 Å². The van der Waals surface area contributed by atoms with Crippen LogP contribution in [0, 0.1) is 0 Å². The maximum absolute atomic E-state index is 13.4. The third-order valence-electron chi connectivity index (χ3n) is 7.05. The van der Waals surface area contributed by atoms with E-state index in [0.29, 0.717) is 10.7 Å². The Morgan fingerprint density at radius 3 is 2.67 bits per heavy atom. The number of hydrogen-bond acceptors (Lipinski definition) is 11. The number of carbonyl (C=O) groups excluding carboxylic acids is 2. The highest BCUT2D eigenvalue weighted by atomic mass is 32.2. The molecule has 2 atom stereocenters. The molecule has 0 bridgehead atoms. The number of carbonyl (C=O) groups is 3. The average molecular weight is 623 g/mol. The van der Waals surface area contributed by atoms with Crippen LogP contribution in [0.3, 0.4) is 0 Å². The highest BCUT2D eigenvalue weighted by Gasteiger charge is 2.54. The number of nitrogen functional groups attached to an aromatic ring is 1. The molecule has 1 aliphatic carbocycles. The number of aliphatic carboxylic acids is 1. The van der Waals surface area contributed by atoms with Crippen LogP contribution in [0.2, 0.25) is 0 Å². The highest BCUT2D eigenvalue weighted by molar-refractivity contribution is 8.06. The maximum atomic E-state index is 13.4. The minimum Gasteiger partial charge on any atom is -0.477 e. The summed E-state index contributed by atoms with van der Waals surface area (Å²) < 4.78 is 0. The summed E-state index contributed by atoms with van der Waals surface area (Å²) in [6.07, 6.45) is 5.37. The van der Waals surface area contributed by atoms with E-state index in [1.165, 1.54) is 28.4 Å². The molecule has 6 rings (SSSR count). The number of pyridine rings is 1. The molecule has 2 aromatic heterocycles. The quantitative estimate of drug-likeness (QED) is 0.181. The molecular formula is C28H26N6O5S3. The largest absolute Gasteiger partial charge is 0.477 e. The Morgan fingerprint density at radius 2 is 1.95 bits per heavy atom. The number of thioether (sulfide) groups is 2. The van der Waals surface area contributed by atoms with Crippen molar-refractivity contribution in [2.45, 2.75) is 48.1 Å². The topological polar surface area (TPSA) is 160 Å². The number of amides is 2. The number of β-lactam (4-membered cyclic amide) rings is 1. The summed E-state index contributed by atoms with van der Waals surface area (Å²) in [4.78, 5) is 56.0. The number of carboxylic acids is 1. The van der Waals surface area contributed by atoms with Crippen molar-refractivity contribution in [3.05, 3.63) is 70.3 Å². The Hall–Kier alpha value is -3.88. The molecule has 2 aliphatic heterocycles. The number of nitrogens with one attached hydrogen (secondary N) is 1. The number of nitrogens with zero attached hydrogens (tertiary/aromatic N) is 4. The maximum Gasteiger partial charge on any atom is 0.353 e. The van der Waals surface area contributed by atoms with Crippen LogP contribution in [0.1, 0.15) is 31.4 Å². The lowest BCUT2D eigenvalue weighted by Gasteiger charge is -2.49. The summed E-state index contributed by atoms with van der Waals surface area (Å²) >= 11 is 3.83. The normalized spacial score (nSPS) is 20.7. The molecule has 42 heavy (non-hydrogen) atoms. The summed E-state index contributed by atoms with van der Waals surface area (Å²) in [6.45, 7) is 0. The first-order valence-electron chi connectivity index (χ1n) is 13.3. The van der Waals surface area contributed by atoms with E-state index in [9.17, 15) is 19.5 Å². The molecule has 1 saturated heterocycles. The van der Waals surface area contributed by atoms with Crippen molar-refractivity contribution in [3.63, 3.8) is 0 Å². The van der Waals surface area contributed by atoms with E-state index in [2.05, 4.69) is 20.4 Å². The Morgan fingerprint density at radius 1 is 1.17 bits per heavy atom. The van der Waals surface area contributed by atoms with Gasteiger partial charge in [0.2, 0.25) is 0 Å². The van der Waals surface area contributed by atoms with Crippen molar-refractivity contribution in [2.75, 3.05) is 11.5 Å².